The number of hydrogen-bond acceptors (Lipinski definition) is 5. The van der Waals surface area contributed by atoms with Gasteiger partial charge < -0.3 is 20.1 Å². The molecule has 0 amide bonds. The van der Waals surface area contributed by atoms with E-state index in [2.05, 4.69) is 17.1 Å². The molecule has 0 aromatic heterocycles. The van der Waals surface area contributed by atoms with E-state index in [1.807, 2.05) is 7.05 Å². The van der Waals surface area contributed by atoms with Crippen molar-refractivity contribution in [1.82, 2.24) is 10.2 Å². The molecule has 0 radical (unpaired) electrons. The minimum absolute atomic E-state index is 0.0600. The van der Waals surface area contributed by atoms with E-state index in [9.17, 15) is 9.90 Å². The minimum Gasteiger partial charge on any atom is -0.466 e. The normalized spacial score (nSPS) is 12.8. The summed E-state index contributed by atoms with van der Waals surface area (Å²) in [6.45, 7) is 7.38. The smallest absolute Gasteiger partial charge is 0.308 e. The fourth-order valence-corrected chi connectivity index (χ4v) is 1.18. The Hall–Kier alpha value is -0.650. The quantitative estimate of drug-likeness (QED) is 0.427. The predicted molar refractivity (Wildman–Crippen MR) is 63.3 cm³/mol. The predicted octanol–water partition coefficient (Wildman–Crippen LogP) is -0.158. The summed E-state index contributed by atoms with van der Waals surface area (Å²) < 4.78 is 4.74. The summed E-state index contributed by atoms with van der Waals surface area (Å²) >= 11 is 0. The van der Waals surface area contributed by atoms with Crippen LogP contribution in [-0.4, -0.2) is 61.9 Å². The molecular weight excluding hydrogens is 208 g/mol. The second-order valence-corrected chi connectivity index (χ2v) is 3.76. The van der Waals surface area contributed by atoms with Gasteiger partial charge in [-0.05, 0) is 20.5 Å². The van der Waals surface area contributed by atoms with Crippen LogP contribution in [0.15, 0.2) is 0 Å². The van der Waals surface area contributed by atoms with Gasteiger partial charge in [-0.15, -0.1) is 0 Å². The average molecular weight is 232 g/mol. The number of carbonyl (C=O) groups excluding carboxylic acids is 1. The van der Waals surface area contributed by atoms with Gasteiger partial charge in [-0.1, -0.05) is 6.92 Å². The Kier molecular flexibility index (Phi) is 9.18. The number of nitrogens with one attached hydrogen (secondary N) is 1. The molecule has 0 aliphatic rings. The zero-order valence-corrected chi connectivity index (χ0v) is 10.5. The largest absolute Gasteiger partial charge is 0.466 e. The van der Waals surface area contributed by atoms with E-state index in [0.717, 1.165) is 19.6 Å². The van der Waals surface area contributed by atoms with Crippen LogP contribution in [0.3, 0.4) is 0 Å². The molecule has 0 aromatic carbocycles. The van der Waals surface area contributed by atoms with Crippen molar-refractivity contribution in [2.75, 3.05) is 39.8 Å². The molecule has 5 nitrogen and oxygen atoms in total. The van der Waals surface area contributed by atoms with Crippen molar-refractivity contribution in [3.63, 3.8) is 0 Å². The van der Waals surface area contributed by atoms with Crippen LogP contribution >= 0.6 is 0 Å². The second-order valence-electron chi connectivity index (χ2n) is 3.76. The lowest BCUT2D eigenvalue weighted by atomic mass is 10.2. The van der Waals surface area contributed by atoms with Crippen LogP contribution in [-0.2, 0) is 9.53 Å². The molecule has 96 valence electrons. The van der Waals surface area contributed by atoms with Crippen LogP contribution in [0.25, 0.3) is 0 Å². The van der Waals surface area contributed by atoms with Gasteiger partial charge in [-0.2, -0.15) is 0 Å². The highest BCUT2D eigenvalue weighted by Gasteiger charge is 2.10. The number of aliphatic hydroxyl groups is 1. The Morgan fingerprint density at radius 1 is 1.50 bits per heavy atom. The summed E-state index contributed by atoms with van der Waals surface area (Å²) in [7, 11) is 2.04. The number of likely N-dealkylation sites (N-methyl/N-ethyl adjacent to an activating group) is 1. The lowest BCUT2D eigenvalue weighted by Crippen LogP contribution is -2.34. The third kappa shape index (κ3) is 8.64. The SMILES string of the molecule is CCOC(=O)CC(O)CNCCN(C)CC. The molecule has 0 aliphatic carbocycles. The van der Waals surface area contributed by atoms with Crippen molar-refractivity contribution < 1.29 is 14.6 Å². The molecule has 0 bridgehead atoms. The minimum atomic E-state index is -0.661. The standard InChI is InChI=1S/C11H24N2O3/c1-4-13(3)7-6-12-9-10(14)8-11(15)16-5-2/h10,12,14H,4-9H2,1-3H3. The Morgan fingerprint density at radius 3 is 2.75 bits per heavy atom. The number of aliphatic hydroxyl groups excluding tert-OH is 1. The summed E-state index contributed by atoms with van der Waals surface area (Å²) in [5, 5.41) is 12.6. The molecule has 16 heavy (non-hydrogen) atoms. The van der Waals surface area contributed by atoms with E-state index < -0.39 is 6.10 Å². The highest BCUT2D eigenvalue weighted by molar-refractivity contribution is 5.69. The van der Waals surface area contributed by atoms with E-state index in [4.69, 9.17) is 4.74 Å². The van der Waals surface area contributed by atoms with Crippen molar-refractivity contribution in [3.05, 3.63) is 0 Å². The van der Waals surface area contributed by atoms with Crippen molar-refractivity contribution in [2.24, 2.45) is 0 Å². The van der Waals surface area contributed by atoms with Crippen molar-refractivity contribution in [2.45, 2.75) is 26.4 Å². The van der Waals surface area contributed by atoms with Gasteiger partial charge in [-0.3, -0.25) is 4.79 Å². The first-order chi connectivity index (χ1) is 7.60. The highest BCUT2D eigenvalue weighted by Crippen LogP contribution is 1.93. The second kappa shape index (κ2) is 9.57. The molecule has 5 heteroatoms. The van der Waals surface area contributed by atoms with Gasteiger partial charge in [-0.25, -0.2) is 0 Å². The molecule has 0 aromatic rings. The lowest BCUT2D eigenvalue weighted by molar-refractivity contribution is -0.145. The molecule has 0 aliphatic heterocycles. The van der Waals surface area contributed by atoms with Crippen LogP contribution in [0.4, 0.5) is 0 Å². The van der Waals surface area contributed by atoms with Crippen LogP contribution in [0.1, 0.15) is 20.3 Å². The number of esters is 1. The van der Waals surface area contributed by atoms with Crippen molar-refractivity contribution in [3.8, 4) is 0 Å². The molecule has 0 saturated heterocycles. The van der Waals surface area contributed by atoms with E-state index in [-0.39, 0.29) is 12.4 Å². The summed E-state index contributed by atoms with van der Waals surface area (Å²) in [5.41, 5.74) is 0. The molecule has 0 saturated carbocycles. The monoisotopic (exact) mass is 232 g/mol. The molecular formula is C11H24N2O3. The fourth-order valence-electron chi connectivity index (χ4n) is 1.18. The number of rotatable bonds is 9. The van der Waals surface area contributed by atoms with E-state index in [1.165, 1.54) is 0 Å². The van der Waals surface area contributed by atoms with Crippen LogP contribution in [0.2, 0.25) is 0 Å². The van der Waals surface area contributed by atoms with Crippen LogP contribution in [0.5, 0.6) is 0 Å². The van der Waals surface area contributed by atoms with Gasteiger partial charge in [0.05, 0.1) is 19.1 Å². The maximum Gasteiger partial charge on any atom is 0.308 e. The van der Waals surface area contributed by atoms with Crippen LogP contribution in [0, 0.1) is 0 Å². The lowest BCUT2D eigenvalue weighted by Gasteiger charge is -2.15. The number of hydrogen-bond donors (Lipinski definition) is 2. The third-order valence-electron chi connectivity index (χ3n) is 2.30. The van der Waals surface area contributed by atoms with E-state index in [0.29, 0.717) is 13.2 Å². The first-order valence-corrected chi connectivity index (χ1v) is 5.83. The van der Waals surface area contributed by atoms with Gasteiger partial charge in [0.25, 0.3) is 0 Å². The first-order valence-electron chi connectivity index (χ1n) is 5.83. The summed E-state index contributed by atoms with van der Waals surface area (Å²) in [6, 6.07) is 0. The summed E-state index contributed by atoms with van der Waals surface area (Å²) in [6.07, 6.45) is -0.601. The molecule has 0 spiro atoms. The first kappa shape index (κ1) is 15.3. The fraction of sp³-hybridized carbons (Fsp3) is 0.909. The van der Waals surface area contributed by atoms with Crippen LogP contribution < -0.4 is 5.32 Å². The molecule has 0 fully saturated rings. The Bertz CT molecular complexity index is 188. The Morgan fingerprint density at radius 2 is 2.19 bits per heavy atom. The summed E-state index contributed by atoms with van der Waals surface area (Å²) in [5.74, 6) is -0.345. The molecule has 0 rings (SSSR count). The average Bonchev–Trinajstić information content (AvgIpc) is 2.24. The Labute approximate surface area is 97.8 Å². The van der Waals surface area contributed by atoms with Gasteiger partial charge in [0.15, 0.2) is 0 Å². The Balaban J connectivity index is 3.43. The molecule has 1 atom stereocenters. The third-order valence-corrected chi connectivity index (χ3v) is 2.30. The molecule has 2 N–H and O–H groups in total. The van der Waals surface area contributed by atoms with Gasteiger partial charge >= 0.3 is 5.97 Å². The van der Waals surface area contributed by atoms with Crippen molar-refractivity contribution in [1.29, 1.82) is 0 Å². The number of carbonyl (C=O) groups is 1. The van der Waals surface area contributed by atoms with Gasteiger partial charge in [0.2, 0.25) is 0 Å². The van der Waals surface area contributed by atoms with Gasteiger partial charge in [0, 0.05) is 19.6 Å². The molecule has 1 unspecified atom stereocenters. The summed E-state index contributed by atoms with van der Waals surface area (Å²) in [4.78, 5) is 13.2. The zero-order chi connectivity index (χ0) is 12.4. The van der Waals surface area contributed by atoms with Crippen molar-refractivity contribution >= 4 is 5.97 Å². The molecule has 0 heterocycles. The van der Waals surface area contributed by atoms with E-state index in [1.54, 1.807) is 6.92 Å². The zero-order valence-electron chi connectivity index (χ0n) is 10.5. The highest BCUT2D eigenvalue weighted by atomic mass is 16.5. The maximum atomic E-state index is 11.0. The topological polar surface area (TPSA) is 61.8 Å². The number of ether oxygens (including phenoxy) is 1. The van der Waals surface area contributed by atoms with E-state index >= 15 is 0 Å². The van der Waals surface area contributed by atoms with Gasteiger partial charge in [0.1, 0.15) is 0 Å². The maximum absolute atomic E-state index is 11.0. The number of nitrogens with zero attached hydrogens (tertiary/aromatic N) is 1.